The van der Waals surface area contributed by atoms with Crippen molar-refractivity contribution in [1.82, 2.24) is 4.72 Å². The molecule has 0 saturated carbocycles. The number of carbonyl (C=O) groups is 2. The molecule has 9 nitrogen and oxygen atoms in total. The van der Waals surface area contributed by atoms with Crippen molar-refractivity contribution in [2.24, 2.45) is 0 Å². The highest BCUT2D eigenvalue weighted by Gasteiger charge is 2.26. The van der Waals surface area contributed by atoms with Crippen molar-refractivity contribution in [1.29, 1.82) is 0 Å². The molecule has 1 aliphatic heterocycles. The molecule has 2 N–H and O–H groups in total. The average Bonchev–Trinajstić information content (AvgIpc) is 3.43. The van der Waals surface area contributed by atoms with Crippen LogP contribution < -0.4 is 24.4 Å². The number of hydrogen-bond donors (Lipinski definition) is 2. The van der Waals surface area contributed by atoms with E-state index in [0.29, 0.717) is 29.3 Å². The van der Waals surface area contributed by atoms with Crippen LogP contribution in [0.25, 0.3) is 0 Å². The normalized spacial score (nSPS) is 13.2. The van der Waals surface area contributed by atoms with Crippen molar-refractivity contribution in [3.63, 3.8) is 0 Å². The number of ether oxygens (including phenoxy) is 2. The van der Waals surface area contributed by atoms with E-state index >= 15 is 0 Å². The molecule has 1 atom stereocenters. The van der Waals surface area contributed by atoms with Gasteiger partial charge in [-0.1, -0.05) is 36.4 Å². The van der Waals surface area contributed by atoms with Crippen molar-refractivity contribution in [3.05, 3.63) is 114 Å². The third-order valence-corrected chi connectivity index (χ3v) is 8.54. The van der Waals surface area contributed by atoms with Crippen LogP contribution in [0.1, 0.15) is 34.5 Å². The molecule has 10 heteroatoms. The Morgan fingerprint density at radius 1 is 0.905 bits per heavy atom. The fraction of sp³-hybridized carbons (Fsp3) is 0.188. The monoisotopic (exact) mass is 585 g/mol. The van der Waals surface area contributed by atoms with Crippen LogP contribution in [0.5, 0.6) is 11.5 Å². The van der Waals surface area contributed by atoms with Gasteiger partial charge in [0.15, 0.2) is 6.61 Å². The molecule has 42 heavy (non-hydrogen) atoms. The Kier molecular flexibility index (Phi) is 8.56. The molecule has 5 rings (SSSR count). The summed E-state index contributed by atoms with van der Waals surface area (Å²) in [5.74, 6) is 0.506. The Morgan fingerprint density at radius 2 is 1.60 bits per heavy atom. The fourth-order valence-electron chi connectivity index (χ4n) is 4.73. The van der Waals surface area contributed by atoms with Crippen LogP contribution in [-0.4, -0.2) is 40.5 Å². The minimum Gasteiger partial charge on any atom is -0.497 e. The number of hydrogen-bond acceptors (Lipinski definition) is 6. The van der Waals surface area contributed by atoms with Crippen molar-refractivity contribution in [3.8, 4) is 11.5 Å². The predicted molar refractivity (Wildman–Crippen MR) is 161 cm³/mol. The van der Waals surface area contributed by atoms with Gasteiger partial charge < -0.3 is 19.7 Å². The molecule has 0 unspecified atom stereocenters. The topological polar surface area (TPSA) is 114 Å². The van der Waals surface area contributed by atoms with E-state index in [2.05, 4.69) is 10.0 Å². The summed E-state index contributed by atoms with van der Waals surface area (Å²) in [5, 5.41) is 2.80. The largest absolute Gasteiger partial charge is 0.497 e. The molecule has 1 aliphatic rings. The summed E-state index contributed by atoms with van der Waals surface area (Å²) in [6.07, 6.45) is 0.723. The first-order valence-corrected chi connectivity index (χ1v) is 14.9. The van der Waals surface area contributed by atoms with E-state index in [-0.39, 0.29) is 17.4 Å². The fourth-order valence-corrected chi connectivity index (χ4v) is 5.96. The van der Waals surface area contributed by atoms with Crippen molar-refractivity contribution in [2.45, 2.75) is 24.3 Å². The van der Waals surface area contributed by atoms with Gasteiger partial charge in [0.1, 0.15) is 11.5 Å². The molecular weight excluding hydrogens is 554 g/mol. The minimum absolute atomic E-state index is 0.0916. The zero-order chi connectivity index (χ0) is 29.7. The summed E-state index contributed by atoms with van der Waals surface area (Å²) in [4.78, 5) is 27.6. The first kappa shape index (κ1) is 28.8. The molecule has 0 aliphatic carbocycles. The van der Waals surface area contributed by atoms with Crippen LogP contribution in [0.4, 0.5) is 11.4 Å². The van der Waals surface area contributed by atoms with Crippen LogP contribution in [0.2, 0.25) is 0 Å². The molecule has 0 aromatic heterocycles. The number of benzene rings is 4. The maximum Gasteiger partial charge on any atom is 0.262 e. The smallest absolute Gasteiger partial charge is 0.262 e. The maximum atomic E-state index is 13.1. The van der Waals surface area contributed by atoms with E-state index in [1.54, 1.807) is 55.3 Å². The lowest BCUT2D eigenvalue weighted by Crippen LogP contribution is -2.29. The van der Waals surface area contributed by atoms with Crippen molar-refractivity contribution in [2.75, 3.05) is 30.5 Å². The number of nitrogens with one attached hydrogen (secondary N) is 2. The summed E-state index contributed by atoms with van der Waals surface area (Å²) < 4.78 is 39.0. The number of anilines is 2. The van der Waals surface area contributed by atoms with Gasteiger partial charge >= 0.3 is 0 Å². The lowest BCUT2D eigenvalue weighted by molar-refractivity contribution is -0.118. The average molecular weight is 586 g/mol. The lowest BCUT2D eigenvalue weighted by Gasteiger charge is -2.18. The summed E-state index contributed by atoms with van der Waals surface area (Å²) in [6, 6.07) is 27.2. The second-order valence-electron chi connectivity index (χ2n) is 9.84. The van der Waals surface area contributed by atoms with Gasteiger partial charge in [-0.15, -0.1) is 0 Å². The molecular formula is C32H31N3O6S. The van der Waals surface area contributed by atoms with Crippen LogP contribution in [-0.2, 0) is 21.2 Å². The standard InChI is InChI=1S/C32H31N3O6S/c1-22(23-6-4-3-5-7-23)34-42(38,39)29-16-14-28(15-17-29)41-21-31(36)33-26-11-8-24-18-19-35(30(24)20-26)32(37)25-9-12-27(40-2)13-10-25/h3-17,20,22,34H,18-19,21H2,1-2H3,(H,33,36)/t22-/m0/s1. The number of nitrogens with zero attached hydrogens (tertiary/aromatic N) is 1. The molecule has 0 spiro atoms. The number of amides is 2. The summed E-state index contributed by atoms with van der Waals surface area (Å²) in [6.45, 7) is 2.05. The van der Waals surface area contributed by atoms with E-state index in [9.17, 15) is 18.0 Å². The Labute approximate surface area is 245 Å². The molecule has 1 heterocycles. The van der Waals surface area contributed by atoms with E-state index in [1.165, 1.54) is 24.3 Å². The van der Waals surface area contributed by atoms with Gasteiger partial charge in [-0.05, 0) is 85.1 Å². The van der Waals surface area contributed by atoms with Gasteiger partial charge in [0.2, 0.25) is 10.0 Å². The zero-order valence-electron chi connectivity index (χ0n) is 23.2. The molecule has 216 valence electrons. The van der Waals surface area contributed by atoms with Gasteiger partial charge in [-0.25, -0.2) is 13.1 Å². The number of methoxy groups -OCH3 is 1. The van der Waals surface area contributed by atoms with Crippen LogP contribution in [0.3, 0.4) is 0 Å². The van der Waals surface area contributed by atoms with Crippen LogP contribution >= 0.6 is 0 Å². The van der Waals surface area contributed by atoms with Gasteiger partial charge in [-0.3, -0.25) is 9.59 Å². The van der Waals surface area contributed by atoms with E-state index in [0.717, 1.165) is 23.2 Å². The second-order valence-corrected chi connectivity index (χ2v) is 11.6. The third kappa shape index (κ3) is 6.62. The van der Waals surface area contributed by atoms with E-state index in [4.69, 9.17) is 9.47 Å². The summed E-state index contributed by atoms with van der Waals surface area (Å²) in [5.41, 5.74) is 3.71. The zero-order valence-corrected chi connectivity index (χ0v) is 24.1. The van der Waals surface area contributed by atoms with Gasteiger partial charge in [0, 0.05) is 29.5 Å². The van der Waals surface area contributed by atoms with E-state index in [1.807, 2.05) is 36.4 Å². The second kappa shape index (κ2) is 12.5. The minimum atomic E-state index is -3.75. The molecule has 4 aromatic carbocycles. The number of carbonyl (C=O) groups excluding carboxylic acids is 2. The molecule has 2 amide bonds. The Bertz CT molecular complexity index is 1670. The summed E-state index contributed by atoms with van der Waals surface area (Å²) >= 11 is 0. The van der Waals surface area contributed by atoms with Gasteiger partial charge in [-0.2, -0.15) is 0 Å². The lowest BCUT2D eigenvalue weighted by atomic mass is 10.1. The number of rotatable bonds is 10. The molecule has 0 bridgehead atoms. The number of sulfonamides is 1. The van der Waals surface area contributed by atoms with Crippen LogP contribution in [0.15, 0.2) is 102 Å². The highest BCUT2D eigenvalue weighted by Crippen LogP contribution is 2.32. The van der Waals surface area contributed by atoms with Crippen LogP contribution in [0, 0.1) is 0 Å². The maximum absolute atomic E-state index is 13.1. The van der Waals surface area contributed by atoms with E-state index < -0.39 is 22.0 Å². The SMILES string of the molecule is COc1ccc(C(=O)N2CCc3ccc(NC(=O)COc4ccc(S(=O)(=O)N[C@@H](C)c5ccccc5)cc4)cc32)cc1. The molecule has 0 saturated heterocycles. The van der Waals surface area contributed by atoms with Crippen molar-refractivity contribution < 1.29 is 27.5 Å². The third-order valence-electron chi connectivity index (χ3n) is 6.98. The Balaban J connectivity index is 1.17. The molecule has 0 fully saturated rings. The molecule has 0 radical (unpaired) electrons. The quantitative estimate of drug-likeness (QED) is 0.272. The Hall–Kier alpha value is -4.67. The molecule has 4 aromatic rings. The highest BCUT2D eigenvalue weighted by molar-refractivity contribution is 7.89. The number of fused-ring (bicyclic) bond motifs is 1. The van der Waals surface area contributed by atoms with Gasteiger partial charge in [0.05, 0.1) is 12.0 Å². The first-order chi connectivity index (χ1) is 20.2. The Morgan fingerprint density at radius 3 is 2.29 bits per heavy atom. The summed E-state index contributed by atoms with van der Waals surface area (Å²) in [7, 11) is -2.18. The van der Waals surface area contributed by atoms with Crippen molar-refractivity contribution >= 4 is 33.2 Å². The first-order valence-electron chi connectivity index (χ1n) is 13.4. The van der Waals surface area contributed by atoms with Gasteiger partial charge in [0.25, 0.3) is 11.8 Å². The highest BCUT2D eigenvalue weighted by atomic mass is 32.2. The predicted octanol–water partition coefficient (Wildman–Crippen LogP) is 4.96.